The molecular weight excluding hydrogens is 254 g/mol. The Morgan fingerprint density at radius 3 is 2.83 bits per heavy atom. The Balaban J connectivity index is 2.10. The maximum Gasteiger partial charge on any atom is 0.151 e. The molecule has 1 unspecified atom stereocenters. The summed E-state index contributed by atoms with van der Waals surface area (Å²) < 4.78 is 5.26. The van der Waals surface area contributed by atoms with E-state index in [4.69, 9.17) is 22.1 Å². The molecule has 1 saturated heterocycles. The minimum Gasteiger partial charge on any atom is -0.396 e. The van der Waals surface area contributed by atoms with E-state index in [1.165, 1.54) is 0 Å². The van der Waals surface area contributed by atoms with Crippen LogP contribution in [-0.4, -0.2) is 34.9 Å². The lowest BCUT2D eigenvalue weighted by molar-refractivity contribution is -0.0711. The maximum atomic E-state index is 10.5. The molecule has 0 amide bonds. The van der Waals surface area contributed by atoms with Crippen molar-refractivity contribution in [1.29, 1.82) is 0 Å². The van der Waals surface area contributed by atoms with Gasteiger partial charge in [-0.25, -0.2) is 4.98 Å². The van der Waals surface area contributed by atoms with E-state index in [1.807, 2.05) is 6.92 Å². The summed E-state index contributed by atoms with van der Waals surface area (Å²) in [4.78, 5) is 4.13. The van der Waals surface area contributed by atoms with E-state index >= 15 is 0 Å². The fourth-order valence-corrected chi connectivity index (χ4v) is 2.21. The molecule has 1 fully saturated rings. The van der Waals surface area contributed by atoms with Gasteiger partial charge in [0.1, 0.15) is 5.15 Å². The van der Waals surface area contributed by atoms with E-state index < -0.39 is 5.60 Å². The second-order valence-electron chi connectivity index (χ2n) is 4.65. The summed E-state index contributed by atoms with van der Waals surface area (Å²) >= 11 is 5.83. The number of hydrogen-bond donors (Lipinski definition) is 3. The van der Waals surface area contributed by atoms with E-state index in [9.17, 15) is 5.11 Å². The smallest absolute Gasteiger partial charge is 0.151 e. The summed E-state index contributed by atoms with van der Waals surface area (Å²) in [5.41, 5.74) is 5.54. The van der Waals surface area contributed by atoms with Crippen molar-refractivity contribution in [2.24, 2.45) is 0 Å². The fourth-order valence-electron chi connectivity index (χ4n) is 2.06. The van der Waals surface area contributed by atoms with Gasteiger partial charge in [0, 0.05) is 26.1 Å². The second kappa shape index (κ2) is 5.30. The topological polar surface area (TPSA) is 80.4 Å². The molecule has 0 bridgehead atoms. The minimum atomic E-state index is -0.797. The first-order valence-corrected chi connectivity index (χ1v) is 6.38. The first kappa shape index (κ1) is 13.4. The highest BCUT2D eigenvalue weighted by Gasteiger charge is 2.36. The summed E-state index contributed by atoms with van der Waals surface area (Å²) in [6.07, 6.45) is 1.20. The van der Waals surface area contributed by atoms with Crippen LogP contribution in [0.2, 0.25) is 5.15 Å². The number of nitrogens with zero attached hydrogens (tertiary/aromatic N) is 1. The standard InChI is InChI=1S/C12H18ClN3O2/c1-8(12(17)4-6-18-7-5-12)15-11-9(14)2-3-10(13)16-11/h2-3,8,17H,4-7,14H2,1H3,(H,15,16). The Labute approximate surface area is 111 Å². The van der Waals surface area contributed by atoms with Gasteiger partial charge in [-0.1, -0.05) is 11.6 Å². The van der Waals surface area contributed by atoms with Gasteiger partial charge in [-0.2, -0.15) is 0 Å². The lowest BCUT2D eigenvalue weighted by atomic mass is 9.87. The van der Waals surface area contributed by atoms with Crippen LogP contribution >= 0.6 is 11.6 Å². The molecule has 1 aromatic rings. The van der Waals surface area contributed by atoms with Crippen molar-refractivity contribution < 1.29 is 9.84 Å². The lowest BCUT2D eigenvalue weighted by Gasteiger charge is -2.37. The summed E-state index contributed by atoms with van der Waals surface area (Å²) in [5, 5.41) is 14.0. The number of aliphatic hydroxyl groups is 1. The number of hydrogen-bond acceptors (Lipinski definition) is 5. The molecule has 1 aliphatic rings. The molecule has 0 radical (unpaired) electrons. The SMILES string of the molecule is CC(Nc1nc(Cl)ccc1N)C1(O)CCOCC1. The Kier molecular flexibility index (Phi) is 3.94. The van der Waals surface area contributed by atoms with Gasteiger partial charge in [0.2, 0.25) is 0 Å². The molecular formula is C12H18ClN3O2. The average molecular weight is 272 g/mol. The molecule has 5 nitrogen and oxygen atoms in total. The number of halogens is 1. The highest BCUT2D eigenvalue weighted by Crippen LogP contribution is 2.28. The quantitative estimate of drug-likeness (QED) is 0.729. The van der Waals surface area contributed by atoms with Crippen molar-refractivity contribution in [3.8, 4) is 0 Å². The third kappa shape index (κ3) is 2.85. The summed E-state index contributed by atoms with van der Waals surface area (Å²) in [6.45, 7) is 3.05. The van der Waals surface area contributed by atoms with E-state index in [-0.39, 0.29) is 6.04 Å². The predicted octanol–water partition coefficient (Wildman–Crippen LogP) is 1.66. The fraction of sp³-hybridized carbons (Fsp3) is 0.583. The molecule has 100 valence electrons. The monoisotopic (exact) mass is 271 g/mol. The first-order valence-electron chi connectivity index (χ1n) is 6.00. The first-order chi connectivity index (χ1) is 8.51. The molecule has 2 rings (SSSR count). The number of nitrogens with one attached hydrogen (secondary N) is 1. The Morgan fingerprint density at radius 1 is 1.50 bits per heavy atom. The van der Waals surface area contributed by atoms with Gasteiger partial charge >= 0.3 is 0 Å². The third-order valence-corrected chi connectivity index (χ3v) is 3.62. The summed E-state index contributed by atoms with van der Waals surface area (Å²) in [6, 6.07) is 3.16. The van der Waals surface area contributed by atoms with Gasteiger partial charge in [-0.15, -0.1) is 0 Å². The highest BCUT2D eigenvalue weighted by atomic mass is 35.5. The second-order valence-corrected chi connectivity index (χ2v) is 5.04. The number of pyridine rings is 1. The van der Waals surface area contributed by atoms with Crippen LogP contribution < -0.4 is 11.1 Å². The molecule has 1 atom stereocenters. The highest BCUT2D eigenvalue weighted by molar-refractivity contribution is 6.29. The number of nitrogen functional groups attached to an aromatic ring is 1. The number of anilines is 2. The van der Waals surface area contributed by atoms with Crippen molar-refractivity contribution in [2.75, 3.05) is 24.3 Å². The zero-order valence-corrected chi connectivity index (χ0v) is 11.1. The minimum absolute atomic E-state index is 0.172. The lowest BCUT2D eigenvalue weighted by Crippen LogP contribution is -2.49. The number of nitrogens with two attached hydrogens (primary N) is 1. The van der Waals surface area contributed by atoms with Crippen LogP contribution in [0.25, 0.3) is 0 Å². The van der Waals surface area contributed by atoms with Gasteiger partial charge in [-0.05, 0) is 19.1 Å². The Bertz CT molecular complexity index is 422. The van der Waals surface area contributed by atoms with Crippen molar-refractivity contribution in [1.82, 2.24) is 4.98 Å². The Hall–Kier alpha value is -1.04. The van der Waals surface area contributed by atoms with Crippen molar-refractivity contribution in [3.05, 3.63) is 17.3 Å². The van der Waals surface area contributed by atoms with Gasteiger partial charge in [0.15, 0.2) is 5.82 Å². The predicted molar refractivity (Wildman–Crippen MR) is 71.7 cm³/mol. The number of aromatic nitrogens is 1. The average Bonchev–Trinajstić information content (AvgIpc) is 2.35. The molecule has 1 aromatic heterocycles. The van der Waals surface area contributed by atoms with Gasteiger partial charge in [0.25, 0.3) is 0 Å². The van der Waals surface area contributed by atoms with Gasteiger partial charge in [0.05, 0.1) is 17.3 Å². The van der Waals surface area contributed by atoms with E-state index in [0.29, 0.717) is 42.7 Å². The molecule has 0 saturated carbocycles. The van der Waals surface area contributed by atoms with E-state index in [0.717, 1.165) is 0 Å². The molecule has 18 heavy (non-hydrogen) atoms. The van der Waals surface area contributed by atoms with Crippen molar-refractivity contribution >= 4 is 23.1 Å². The largest absolute Gasteiger partial charge is 0.396 e. The Morgan fingerprint density at radius 2 is 2.17 bits per heavy atom. The summed E-state index contributed by atoms with van der Waals surface area (Å²) in [5.74, 6) is 0.509. The molecule has 0 aliphatic carbocycles. The maximum absolute atomic E-state index is 10.5. The molecule has 6 heteroatoms. The normalized spacial score (nSPS) is 20.4. The van der Waals surface area contributed by atoms with Crippen LogP contribution in [-0.2, 0) is 4.74 Å². The van der Waals surface area contributed by atoms with Crippen LogP contribution in [0.1, 0.15) is 19.8 Å². The number of ether oxygens (including phenoxy) is 1. The van der Waals surface area contributed by atoms with Crippen molar-refractivity contribution in [3.63, 3.8) is 0 Å². The van der Waals surface area contributed by atoms with E-state index in [2.05, 4.69) is 10.3 Å². The van der Waals surface area contributed by atoms with Crippen LogP contribution in [0.3, 0.4) is 0 Å². The molecule has 1 aliphatic heterocycles. The number of rotatable bonds is 3. The van der Waals surface area contributed by atoms with Crippen molar-refractivity contribution in [2.45, 2.75) is 31.4 Å². The third-order valence-electron chi connectivity index (χ3n) is 3.41. The van der Waals surface area contributed by atoms with Crippen LogP contribution in [0.15, 0.2) is 12.1 Å². The zero-order valence-electron chi connectivity index (χ0n) is 10.3. The molecule has 4 N–H and O–H groups in total. The van der Waals surface area contributed by atoms with Crippen LogP contribution in [0, 0.1) is 0 Å². The van der Waals surface area contributed by atoms with E-state index in [1.54, 1.807) is 12.1 Å². The van der Waals surface area contributed by atoms with Crippen LogP contribution in [0.5, 0.6) is 0 Å². The zero-order chi connectivity index (χ0) is 13.2. The van der Waals surface area contributed by atoms with Crippen LogP contribution in [0.4, 0.5) is 11.5 Å². The van der Waals surface area contributed by atoms with Gasteiger partial charge in [-0.3, -0.25) is 0 Å². The molecule has 0 spiro atoms. The van der Waals surface area contributed by atoms with Gasteiger partial charge < -0.3 is 20.9 Å². The molecule has 2 heterocycles. The molecule has 0 aromatic carbocycles. The summed E-state index contributed by atoms with van der Waals surface area (Å²) in [7, 11) is 0.